The van der Waals surface area contributed by atoms with Gasteiger partial charge >= 0.3 is 11.9 Å². The molecule has 0 spiro atoms. The van der Waals surface area contributed by atoms with Crippen LogP contribution in [0.15, 0.2) is 24.3 Å². The van der Waals surface area contributed by atoms with Crippen LogP contribution in [0.1, 0.15) is 17.3 Å². The van der Waals surface area contributed by atoms with Gasteiger partial charge in [0.25, 0.3) is 0 Å². The molecule has 1 aromatic carbocycles. The number of esters is 1. The Morgan fingerprint density at radius 3 is 2.53 bits per heavy atom. The SMILES string of the molecule is CCN(CC(=O)O)c1ccccc1C(=O)OC. The number of carbonyl (C=O) groups excluding carboxylic acids is 1. The Labute approximate surface area is 99.6 Å². The van der Waals surface area contributed by atoms with Gasteiger partial charge in [-0.05, 0) is 19.1 Å². The fraction of sp³-hybridized carbons (Fsp3) is 0.333. The van der Waals surface area contributed by atoms with E-state index in [2.05, 4.69) is 4.74 Å². The molecular weight excluding hydrogens is 222 g/mol. The predicted octanol–water partition coefficient (Wildman–Crippen LogP) is 1.38. The van der Waals surface area contributed by atoms with Gasteiger partial charge in [-0.25, -0.2) is 4.79 Å². The van der Waals surface area contributed by atoms with E-state index in [1.54, 1.807) is 29.2 Å². The summed E-state index contributed by atoms with van der Waals surface area (Å²) in [5.74, 6) is -1.41. The zero-order valence-electron chi connectivity index (χ0n) is 9.84. The minimum Gasteiger partial charge on any atom is -0.480 e. The Kier molecular flexibility index (Phi) is 4.51. The second-order valence-corrected chi connectivity index (χ2v) is 3.42. The van der Waals surface area contributed by atoms with Crippen molar-refractivity contribution in [2.24, 2.45) is 0 Å². The van der Waals surface area contributed by atoms with E-state index in [0.29, 0.717) is 17.8 Å². The van der Waals surface area contributed by atoms with Crippen molar-refractivity contribution in [1.82, 2.24) is 0 Å². The average Bonchev–Trinajstić information content (AvgIpc) is 2.34. The predicted molar refractivity (Wildman–Crippen MR) is 63.3 cm³/mol. The summed E-state index contributed by atoms with van der Waals surface area (Å²) in [5, 5.41) is 8.81. The fourth-order valence-electron chi connectivity index (χ4n) is 1.56. The second kappa shape index (κ2) is 5.89. The summed E-state index contributed by atoms with van der Waals surface area (Å²) < 4.78 is 4.66. The van der Waals surface area contributed by atoms with Crippen molar-refractivity contribution in [1.29, 1.82) is 0 Å². The van der Waals surface area contributed by atoms with Crippen molar-refractivity contribution in [3.05, 3.63) is 29.8 Å². The molecule has 92 valence electrons. The number of carbonyl (C=O) groups is 2. The topological polar surface area (TPSA) is 66.8 Å². The van der Waals surface area contributed by atoms with Crippen LogP contribution >= 0.6 is 0 Å². The third-order valence-corrected chi connectivity index (χ3v) is 2.36. The molecule has 17 heavy (non-hydrogen) atoms. The van der Waals surface area contributed by atoms with E-state index in [-0.39, 0.29) is 6.54 Å². The van der Waals surface area contributed by atoms with Crippen LogP contribution in [0, 0.1) is 0 Å². The molecule has 1 rings (SSSR count). The first-order valence-electron chi connectivity index (χ1n) is 5.24. The monoisotopic (exact) mass is 237 g/mol. The van der Waals surface area contributed by atoms with E-state index in [9.17, 15) is 9.59 Å². The van der Waals surface area contributed by atoms with Gasteiger partial charge in [0.05, 0.1) is 18.4 Å². The molecule has 0 heterocycles. The number of methoxy groups -OCH3 is 1. The normalized spacial score (nSPS) is 9.76. The third kappa shape index (κ3) is 3.21. The smallest absolute Gasteiger partial charge is 0.339 e. The number of aliphatic carboxylic acids is 1. The van der Waals surface area contributed by atoms with Gasteiger partial charge in [0, 0.05) is 6.54 Å². The lowest BCUT2D eigenvalue weighted by atomic mass is 10.1. The molecule has 1 aromatic rings. The van der Waals surface area contributed by atoms with Crippen LogP contribution in [0.2, 0.25) is 0 Å². The zero-order valence-corrected chi connectivity index (χ0v) is 9.84. The van der Waals surface area contributed by atoms with Crippen LogP contribution in [0.5, 0.6) is 0 Å². The lowest BCUT2D eigenvalue weighted by molar-refractivity contribution is -0.135. The summed E-state index contributed by atoms with van der Waals surface area (Å²) in [6.45, 7) is 2.18. The van der Waals surface area contributed by atoms with Gasteiger partial charge in [-0.2, -0.15) is 0 Å². The molecule has 0 saturated carbocycles. The molecule has 0 aromatic heterocycles. The maximum atomic E-state index is 11.5. The summed E-state index contributed by atoms with van der Waals surface area (Å²) in [6.07, 6.45) is 0. The van der Waals surface area contributed by atoms with E-state index < -0.39 is 11.9 Å². The molecule has 5 heteroatoms. The molecule has 0 fully saturated rings. The summed E-state index contributed by atoms with van der Waals surface area (Å²) >= 11 is 0. The van der Waals surface area contributed by atoms with Crippen LogP contribution in [0.4, 0.5) is 5.69 Å². The quantitative estimate of drug-likeness (QED) is 0.784. The maximum absolute atomic E-state index is 11.5. The van der Waals surface area contributed by atoms with Crippen LogP contribution < -0.4 is 4.90 Å². The minimum atomic E-state index is -0.938. The average molecular weight is 237 g/mol. The van der Waals surface area contributed by atoms with Crippen molar-refractivity contribution in [2.45, 2.75) is 6.92 Å². The van der Waals surface area contributed by atoms with E-state index in [1.165, 1.54) is 7.11 Å². The highest BCUT2D eigenvalue weighted by atomic mass is 16.5. The molecule has 0 atom stereocenters. The Bertz CT molecular complexity index is 417. The van der Waals surface area contributed by atoms with E-state index >= 15 is 0 Å². The number of anilines is 1. The van der Waals surface area contributed by atoms with Crippen molar-refractivity contribution in [3.63, 3.8) is 0 Å². The molecule has 0 bridgehead atoms. The summed E-state index contributed by atoms with van der Waals surface area (Å²) in [5.41, 5.74) is 0.947. The number of carboxylic acid groups (broad SMARTS) is 1. The number of rotatable bonds is 5. The van der Waals surface area contributed by atoms with Crippen LogP contribution in [0.3, 0.4) is 0 Å². The third-order valence-electron chi connectivity index (χ3n) is 2.36. The first kappa shape index (κ1) is 13.0. The summed E-state index contributed by atoms with van der Waals surface area (Å²) in [6, 6.07) is 6.79. The van der Waals surface area contributed by atoms with Crippen molar-refractivity contribution in [3.8, 4) is 0 Å². The van der Waals surface area contributed by atoms with Crippen molar-refractivity contribution >= 4 is 17.6 Å². The molecule has 0 amide bonds. The van der Waals surface area contributed by atoms with E-state index in [4.69, 9.17) is 5.11 Å². The lowest BCUT2D eigenvalue weighted by Gasteiger charge is -2.22. The highest BCUT2D eigenvalue weighted by molar-refractivity contribution is 5.96. The van der Waals surface area contributed by atoms with Crippen LogP contribution in [-0.2, 0) is 9.53 Å². The Balaban J connectivity index is 3.09. The van der Waals surface area contributed by atoms with Gasteiger partial charge in [0.2, 0.25) is 0 Å². The van der Waals surface area contributed by atoms with Gasteiger partial charge in [-0.15, -0.1) is 0 Å². The number of hydrogen-bond donors (Lipinski definition) is 1. The first-order valence-corrected chi connectivity index (χ1v) is 5.24. The highest BCUT2D eigenvalue weighted by Gasteiger charge is 2.17. The Morgan fingerprint density at radius 1 is 1.35 bits per heavy atom. The van der Waals surface area contributed by atoms with Gasteiger partial charge in [-0.3, -0.25) is 4.79 Å². The summed E-state index contributed by atoms with van der Waals surface area (Å²) in [4.78, 5) is 23.9. The molecule has 0 aliphatic rings. The van der Waals surface area contributed by atoms with Gasteiger partial charge in [-0.1, -0.05) is 12.1 Å². The Hall–Kier alpha value is -2.04. The number of ether oxygens (including phenoxy) is 1. The van der Waals surface area contributed by atoms with Gasteiger partial charge in [0.1, 0.15) is 6.54 Å². The fourth-order valence-corrected chi connectivity index (χ4v) is 1.56. The number of carboxylic acids is 1. The molecule has 5 nitrogen and oxygen atoms in total. The highest BCUT2D eigenvalue weighted by Crippen LogP contribution is 2.20. The van der Waals surface area contributed by atoms with Crippen LogP contribution in [-0.4, -0.2) is 37.2 Å². The largest absolute Gasteiger partial charge is 0.480 e. The number of hydrogen-bond acceptors (Lipinski definition) is 4. The van der Waals surface area contributed by atoms with Gasteiger partial charge in [0.15, 0.2) is 0 Å². The van der Waals surface area contributed by atoms with Crippen molar-refractivity contribution in [2.75, 3.05) is 25.1 Å². The minimum absolute atomic E-state index is 0.148. The molecule has 1 N–H and O–H groups in total. The molecule has 0 unspecified atom stereocenters. The maximum Gasteiger partial charge on any atom is 0.339 e. The lowest BCUT2D eigenvalue weighted by Crippen LogP contribution is -2.30. The zero-order chi connectivity index (χ0) is 12.8. The summed E-state index contributed by atoms with van der Waals surface area (Å²) in [7, 11) is 1.30. The van der Waals surface area contributed by atoms with Crippen molar-refractivity contribution < 1.29 is 19.4 Å². The molecule has 0 aliphatic carbocycles. The molecule has 0 radical (unpaired) electrons. The molecular formula is C12H15NO4. The number of likely N-dealkylation sites (N-methyl/N-ethyl adjacent to an activating group) is 1. The number of benzene rings is 1. The number of nitrogens with zero attached hydrogens (tertiary/aromatic N) is 1. The van der Waals surface area contributed by atoms with E-state index in [1.807, 2.05) is 6.92 Å². The van der Waals surface area contributed by atoms with E-state index in [0.717, 1.165) is 0 Å². The number of para-hydroxylation sites is 1. The van der Waals surface area contributed by atoms with Gasteiger partial charge < -0.3 is 14.7 Å². The standard InChI is InChI=1S/C12H15NO4/c1-3-13(8-11(14)15)10-7-5-4-6-9(10)12(16)17-2/h4-7H,3,8H2,1-2H3,(H,14,15). The Morgan fingerprint density at radius 2 is 2.00 bits per heavy atom. The second-order valence-electron chi connectivity index (χ2n) is 3.42. The van der Waals surface area contributed by atoms with Crippen LogP contribution in [0.25, 0.3) is 0 Å². The molecule has 0 saturated heterocycles. The first-order chi connectivity index (χ1) is 8.10. The molecule has 0 aliphatic heterocycles.